The summed E-state index contributed by atoms with van der Waals surface area (Å²) in [6.07, 6.45) is -2.24. The van der Waals surface area contributed by atoms with Crippen LogP contribution in [0, 0.1) is 11.6 Å². The maximum atomic E-state index is 15.4. The first kappa shape index (κ1) is 30.2. The highest BCUT2D eigenvalue weighted by molar-refractivity contribution is 6.31. The van der Waals surface area contributed by atoms with E-state index in [9.17, 15) is 31.9 Å². The summed E-state index contributed by atoms with van der Waals surface area (Å²) in [5.74, 6) is -6.00. The van der Waals surface area contributed by atoms with Gasteiger partial charge in [-0.3, -0.25) is 9.69 Å². The highest BCUT2D eigenvalue weighted by Crippen LogP contribution is 2.46. The number of piperidine rings is 1. The normalized spacial score (nSPS) is 21.3. The summed E-state index contributed by atoms with van der Waals surface area (Å²) < 4.78 is 76.7. The number of benzene rings is 2. The first-order valence-corrected chi connectivity index (χ1v) is 14.1. The van der Waals surface area contributed by atoms with Crippen molar-refractivity contribution in [2.75, 3.05) is 19.6 Å². The van der Waals surface area contributed by atoms with E-state index in [0.717, 1.165) is 42.3 Å². The number of rotatable bonds is 7. The Morgan fingerprint density at radius 1 is 0.976 bits per heavy atom. The second-order valence-corrected chi connectivity index (χ2v) is 11.3. The molecule has 2 heterocycles. The minimum absolute atomic E-state index is 0.00869. The van der Waals surface area contributed by atoms with Crippen LogP contribution in [-0.2, 0) is 20.9 Å². The van der Waals surface area contributed by atoms with Crippen LogP contribution in [0.1, 0.15) is 65.9 Å². The quantitative estimate of drug-likeness (QED) is 0.224. The predicted molar refractivity (Wildman–Crippen MR) is 140 cm³/mol. The van der Waals surface area contributed by atoms with Crippen molar-refractivity contribution >= 4 is 29.4 Å². The number of ether oxygens (including phenoxy) is 2. The predicted octanol–water partition coefficient (Wildman–Crippen LogP) is 5.78. The number of hydrogen-bond acceptors (Lipinski definition) is 6. The SMILES string of the molecule is O=C(OC(=O)C(F)(F)F)[C@@H]1CCCN1C(=O)c1cc(C2CC2)c(O[C@@H]2CCCN(Cc3ccc(F)cc3Cl)C2)cc1F. The smallest absolute Gasteiger partial charge is 0.489 e. The van der Waals surface area contributed by atoms with Crippen LogP contribution >= 0.6 is 11.6 Å². The van der Waals surface area contributed by atoms with E-state index in [1.165, 1.54) is 18.2 Å². The van der Waals surface area contributed by atoms with Gasteiger partial charge in [-0.05, 0) is 80.3 Å². The average molecular weight is 615 g/mol. The van der Waals surface area contributed by atoms with Gasteiger partial charge in [0.1, 0.15) is 29.5 Å². The first-order valence-electron chi connectivity index (χ1n) is 13.7. The fraction of sp³-hybridized carbons (Fsp3) is 0.483. The Labute approximate surface area is 243 Å². The molecule has 3 fully saturated rings. The van der Waals surface area contributed by atoms with Gasteiger partial charge in [0.15, 0.2) is 0 Å². The molecule has 0 spiro atoms. The van der Waals surface area contributed by atoms with Gasteiger partial charge < -0.3 is 14.4 Å². The van der Waals surface area contributed by atoms with E-state index in [-0.39, 0.29) is 37.0 Å². The lowest BCUT2D eigenvalue weighted by molar-refractivity contribution is -0.203. The lowest BCUT2D eigenvalue weighted by atomic mass is 10.0. The number of alkyl halides is 3. The average Bonchev–Trinajstić information content (AvgIpc) is 3.64. The Morgan fingerprint density at radius 3 is 2.40 bits per heavy atom. The molecule has 2 aromatic carbocycles. The number of amides is 1. The van der Waals surface area contributed by atoms with Crippen LogP contribution in [0.3, 0.4) is 0 Å². The molecule has 0 N–H and O–H groups in total. The van der Waals surface area contributed by atoms with Gasteiger partial charge in [0.25, 0.3) is 5.91 Å². The molecular weight excluding hydrogens is 587 g/mol. The topological polar surface area (TPSA) is 76.2 Å². The summed E-state index contributed by atoms with van der Waals surface area (Å²) in [4.78, 5) is 39.8. The Hall–Kier alpha value is -3.25. The number of likely N-dealkylation sites (tertiary alicyclic amines) is 2. The summed E-state index contributed by atoms with van der Waals surface area (Å²) in [7, 11) is 0. The van der Waals surface area contributed by atoms with Gasteiger partial charge >= 0.3 is 18.1 Å². The fourth-order valence-electron chi connectivity index (χ4n) is 5.50. The highest BCUT2D eigenvalue weighted by Gasteiger charge is 2.45. The number of halogens is 6. The zero-order chi connectivity index (χ0) is 30.2. The molecule has 0 bridgehead atoms. The molecule has 3 aliphatic rings. The van der Waals surface area contributed by atoms with Crippen molar-refractivity contribution in [3.8, 4) is 5.75 Å². The third-order valence-corrected chi connectivity index (χ3v) is 8.07. The molecule has 7 nitrogen and oxygen atoms in total. The van der Waals surface area contributed by atoms with Crippen LogP contribution < -0.4 is 4.74 Å². The fourth-order valence-corrected chi connectivity index (χ4v) is 5.73. The van der Waals surface area contributed by atoms with E-state index < -0.39 is 41.7 Å². The molecule has 1 aliphatic carbocycles. The lowest BCUT2D eigenvalue weighted by Gasteiger charge is -2.33. The molecule has 13 heteroatoms. The van der Waals surface area contributed by atoms with E-state index in [4.69, 9.17) is 16.3 Å². The zero-order valence-electron chi connectivity index (χ0n) is 22.4. The van der Waals surface area contributed by atoms with Gasteiger partial charge in [0.05, 0.1) is 5.56 Å². The van der Waals surface area contributed by atoms with Crippen LogP contribution in [0.25, 0.3) is 0 Å². The third kappa shape index (κ3) is 6.86. The van der Waals surface area contributed by atoms with E-state index in [2.05, 4.69) is 9.64 Å². The molecule has 5 rings (SSSR count). The summed E-state index contributed by atoms with van der Waals surface area (Å²) in [6, 6.07) is 5.35. The van der Waals surface area contributed by atoms with Crippen LogP contribution in [-0.4, -0.2) is 65.6 Å². The standard InChI is InChI=1S/C29H28ClF5N2O5/c30-22-11-18(31)8-7-17(22)14-36-9-1-3-19(15-36)41-25-13-23(32)21(12-20(25)16-5-6-16)26(38)37-10-2-4-24(37)27(39)42-28(40)29(33,34)35/h7-8,11-13,16,19,24H,1-6,9-10,14-15H2/t19-,24+/m1/s1. The summed E-state index contributed by atoms with van der Waals surface area (Å²) in [5.41, 5.74) is 1.09. The summed E-state index contributed by atoms with van der Waals surface area (Å²) >= 11 is 6.19. The minimum Gasteiger partial charge on any atom is -0.489 e. The van der Waals surface area contributed by atoms with E-state index in [1.807, 2.05) is 0 Å². The molecule has 0 aromatic heterocycles. The van der Waals surface area contributed by atoms with Crippen LogP contribution in [0.15, 0.2) is 30.3 Å². The summed E-state index contributed by atoms with van der Waals surface area (Å²) in [5, 5.41) is 0.330. The lowest BCUT2D eigenvalue weighted by Crippen LogP contribution is -2.43. The number of carbonyl (C=O) groups excluding carboxylic acids is 3. The Kier molecular flexibility index (Phi) is 8.75. The Bertz CT molecular complexity index is 1380. The van der Waals surface area contributed by atoms with Crippen molar-refractivity contribution in [1.29, 1.82) is 0 Å². The molecule has 226 valence electrons. The van der Waals surface area contributed by atoms with Gasteiger partial charge in [0.2, 0.25) is 0 Å². The number of nitrogens with zero attached hydrogens (tertiary/aromatic N) is 2. The van der Waals surface area contributed by atoms with Crippen molar-refractivity contribution in [1.82, 2.24) is 9.80 Å². The number of carbonyl (C=O) groups is 3. The maximum Gasteiger partial charge on any atom is 0.491 e. The molecule has 0 radical (unpaired) electrons. The van der Waals surface area contributed by atoms with Crippen LogP contribution in [0.2, 0.25) is 5.02 Å². The van der Waals surface area contributed by atoms with E-state index >= 15 is 4.39 Å². The van der Waals surface area contributed by atoms with Crippen LogP contribution in [0.5, 0.6) is 5.75 Å². The highest BCUT2D eigenvalue weighted by atomic mass is 35.5. The van der Waals surface area contributed by atoms with Gasteiger partial charge in [-0.1, -0.05) is 17.7 Å². The van der Waals surface area contributed by atoms with Gasteiger partial charge in [-0.25, -0.2) is 18.4 Å². The van der Waals surface area contributed by atoms with Crippen LogP contribution in [0.4, 0.5) is 22.0 Å². The summed E-state index contributed by atoms with van der Waals surface area (Å²) in [6.45, 7) is 1.78. The monoisotopic (exact) mass is 614 g/mol. The molecule has 42 heavy (non-hydrogen) atoms. The molecule has 2 atom stereocenters. The Morgan fingerprint density at radius 2 is 1.71 bits per heavy atom. The zero-order valence-corrected chi connectivity index (χ0v) is 23.1. The number of esters is 2. The second-order valence-electron chi connectivity index (χ2n) is 10.9. The second kappa shape index (κ2) is 12.2. The van der Waals surface area contributed by atoms with Gasteiger partial charge in [0, 0.05) is 30.7 Å². The van der Waals surface area contributed by atoms with Crippen molar-refractivity contribution in [3.05, 3.63) is 63.7 Å². The van der Waals surface area contributed by atoms with Crippen molar-refractivity contribution in [3.63, 3.8) is 0 Å². The van der Waals surface area contributed by atoms with E-state index in [0.29, 0.717) is 35.8 Å². The largest absolute Gasteiger partial charge is 0.491 e. The van der Waals surface area contributed by atoms with Gasteiger partial charge in [-0.2, -0.15) is 13.2 Å². The minimum atomic E-state index is -5.37. The first-order chi connectivity index (χ1) is 19.9. The number of hydrogen-bond donors (Lipinski definition) is 0. The third-order valence-electron chi connectivity index (χ3n) is 7.72. The molecule has 0 unspecified atom stereocenters. The molecule has 1 amide bonds. The van der Waals surface area contributed by atoms with Gasteiger partial charge in [-0.15, -0.1) is 0 Å². The molecule has 2 saturated heterocycles. The maximum absolute atomic E-state index is 15.4. The Balaban J connectivity index is 1.30. The molecule has 2 aromatic rings. The van der Waals surface area contributed by atoms with Crippen molar-refractivity contribution in [2.24, 2.45) is 0 Å². The van der Waals surface area contributed by atoms with Crippen molar-refractivity contribution in [2.45, 2.75) is 69.3 Å². The van der Waals surface area contributed by atoms with E-state index in [1.54, 1.807) is 6.07 Å². The van der Waals surface area contributed by atoms with Crippen molar-refractivity contribution < 1.29 is 45.8 Å². The molecule has 2 aliphatic heterocycles. The molecule has 1 saturated carbocycles. The molecular formula is C29H28ClF5N2O5.